The summed E-state index contributed by atoms with van der Waals surface area (Å²) in [6.45, 7) is 6.06. The van der Waals surface area contributed by atoms with Crippen molar-refractivity contribution in [3.63, 3.8) is 0 Å². The fourth-order valence-electron chi connectivity index (χ4n) is 5.08. The number of hydrogen-bond acceptors (Lipinski definition) is 7. The van der Waals surface area contributed by atoms with E-state index < -0.39 is 30.1 Å². The number of hydrogen-bond donors (Lipinski definition) is 3. The summed E-state index contributed by atoms with van der Waals surface area (Å²) in [5, 5.41) is 23.5. The number of fused-ring (bicyclic) bond motifs is 3. The maximum atomic E-state index is 13.3. The zero-order valence-corrected chi connectivity index (χ0v) is 21.7. The van der Waals surface area contributed by atoms with Gasteiger partial charge in [0.15, 0.2) is 11.5 Å². The summed E-state index contributed by atoms with van der Waals surface area (Å²) in [7, 11) is 1.45. The lowest BCUT2D eigenvalue weighted by molar-refractivity contribution is -0.137. The second-order valence-electron chi connectivity index (χ2n) is 9.38. The van der Waals surface area contributed by atoms with Gasteiger partial charge in [-0.25, -0.2) is 0 Å². The first-order valence-corrected chi connectivity index (χ1v) is 12.9. The van der Waals surface area contributed by atoms with E-state index in [0.29, 0.717) is 47.5 Å². The van der Waals surface area contributed by atoms with Crippen LogP contribution in [-0.2, 0) is 9.59 Å². The third-order valence-corrected chi connectivity index (χ3v) is 6.91. The van der Waals surface area contributed by atoms with Crippen LogP contribution < -0.4 is 14.8 Å². The highest BCUT2D eigenvalue weighted by Gasteiger charge is 2.51. The first-order chi connectivity index (χ1) is 17.9. The summed E-state index contributed by atoms with van der Waals surface area (Å²) in [6.07, 6.45) is 6.54. The second-order valence-corrected chi connectivity index (χ2v) is 9.38. The van der Waals surface area contributed by atoms with Gasteiger partial charge in [0.1, 0.15) is 18.5 Å². The lowest BCUT2D eigenvalue weighted by Crippen LogP contribution is -2.56. The molecule has 3 rings (SSSR count). The predicted molar refractivity (Wildman–Crippen MR) is 139 cm³/mol. The Bertz CT molecular complexity index is 1020. The minimum Gasteiger partial charge on any atom is -0.493 e. The number of nitrogens with zero attached hydrogens (tertiary/aromatic N) is 1. The van der Waals surface area contributed by atoms with Crippen LogP contribution in [0.5, 0.6) is 11.5 Å². The highest BCUT2D eigenvalue weighted by atomic mass is 16.5. The molecule has 1 aromatic carbocycles. The number of aliphatic hydroxyl groups excluding tert-OH is 2. The normalized spacial score (nSPS) is 21.7. The number of carbonyl (C=O) groups is 3. The van der Waals surface area contributed by atoms with Crippen LogP contribution in [0.25, 0.3) is 0 Å². The molecule has 0 saturated heterocycles. The van der Waals surface area contributed by atoms with Gasteiger partial charge < -0.3 is 29.9 Å². The summed E-state index contributed by atoms with van der Waals surface area (Å²) < 4.78 is 11.6. The summed E-state index contributed by atoms with van der Waals surface area (Å²) >= 11 is 0. The maximum absolute atomic E-state index is 13.3. The van der Waals surface area contributed by atoms with Gasteiger partial charge in [-0.15, -0.1) is 6.58 Å². The van der Waals surface area contributed by atoms with Gasteiger partial charge in [-0.05, 0) is 31.1 Å². The van der Waals surface area contributed by atoms with Crippen LogP contribution in [-0.4, -0.2) is 78.3 Å². The van der Waals surface area contributed by atoms with Gasteiger partial charge in [0.05, 0.1) is 25.7 Å². The van der Waals surface area contributed by atoms with Crippen molar-refractivity contribution in [3.05, 3.63) is 47.6 Å². The average Bonchev–Trinajstić information content (AvgIpc) is 3.30. The Morgan fingerprint density at radius 2 is 2.05 bits per heavy atom. The molecule has 1 aliphatic heterocycles. The number of nitrogens with one attached hydrogen (secondary N) is 1. The largest absolute Gasteiger partial charge is 0.493 e. The van der Waals surface area contributed by atoms with E-state index in [1.165, 1.54) is 7.11 Å². The Balaban J connectivity index is 2.06. The molecule has 0 spiro atoms. The van der Waals surface area contributed by atoms with Crippen molar-refractivity contribution in [1.29, 1.82) is 0 Å². The molecule has 1 aliphatic carbocycles. The molecule has 37 heavy (non-hydrogen) atoms. The van der Waals surface area contributed by atoms with Gasteiger partial charge in [-0.3, -0.25) is 14.4 Å². The quantitative estimate of drug-likeness (QED) is 0.198. The number of unbranched alkanes of at least 4 members (excludes halogenated alkanes) is 3. The fourth-order valence-corrected chi connectivity index (χ4v) is 5.08. The van der Waals surface area contributed by atoms with E-state index in [9.17, 15) is 24.6 Å². The second kappa shape index (κ2) is 13.4. The number of aldehydes is 1. The molecule has 0 saturated carbocycles. The average molecular weight is 515 g/mol. The number of benzene rings is 1. The Labute approximate surface area is 218 Å². The number of aliphatic hydroxyl groups is 2. The Morgan fingerprint density at radius 1 is 1.27 bits per heavy atom. The van der Waals surface area contributed by atoms with Gasteiger partial charge in [-0.1, -0.05) is 32.3 Å². The first kappa shape index (κ1) is 28.4. The van der Waals surface area contributed by atoms with Crippen LogP contribution in [0.15, 0.2) is 36.4 Å². The highest BCUT2D eigenvalue weighted by molar-refractivity contribution is 5.96. The van der Waals surface area contributed by atoms with Gasteiger partial charge in [-0.2, -0.15) is 0 Å². The first-order valence-electron chi connectivity index (χ1n) is 12.9. The number of amides is 2. The third kappa shape index (κ3) is 6.22. The molecular weight excluding hydrogens is 476 g/mol. The highest BCUT2D eigenvalue weighted by Crippen LogP contribution is 2.51. The van der Waals surface area contributed by atoms with E-state index in [0.717, 1.165) is 25.7 Å². The minimum atomic E-state index is -1.13. The molecule has 3 N–H and O–H groups in total. The Hall–Kier alpha value is -3.17. The Morgan fingerprint density at radius 3 is 2.70 bits per heavy atom. The molecule has 2 aliphatic rings. The van der Waals surface area contributed by atoms with Crippen molar-refractivity contribution in [1.82, 2.24) is 10.2 Å². The van der Waals surface area contributed by atoms with Gasteiger partial charge in [0.2, 0.25) is 11.8 Å². The lowest BCUT2D eigenvalue weighted by atomic mass is 9.77. The van der Waals surface area contributed by atoms with Crippen LogP contribution in [0.4, 0.5) is 0 Å². The summed E-state index contributed by atoms with van der Waals surface area (Å²) in [5.41, 5.74) is 1.22. The van der Waals surface area contributed by atoms with Crippen LogP contribution >= 0.6 is 0 Å². The third-order valence-electron chi connectivity index (χ3n) is 6.91. The van der Waals surface area contributed by atoms with E-state index in [2.05, 4.69) is 18.8 Å². The molecule has 0 fully saturated rings. The van der Waals surface area contributed by atoms with Crippen LogP contribution in [0.3, 0.4) is 0 Å². The number of rotatable bonds is 14. The van der Waals surface area contributed by atoms with Crippen molar-refractivity contribution in [2.75, 3.05) is 26.8 Å². The smallest absolute Gasteiger partial charge is 0.247 e. The molecule has 1 heterocycles. The van der Waals surface area contributed by atoms with E-state index in [-0.39, 0.29) is 25.5 Å². The van der Waals surface area contributed by atoms with Crippen molar-refractivity contribution in [2.45, 2.75) is 69.6 Å². The summed E-state index contributed by atoms with van der Waals surface area (Å²) in [4.78, 5) is 39.8. The maximum Gasteiger partial charge on any atom is 0.247 e. The van der Waals surface area contributed by atoms with E-state index in [1.807, 2.05) is 0 Å². The van der Waals surface area contributed by atoms with Crippen LogP contribution in [0.2, 0.25) is 0 Å². The minimum absolute atomic E-state index is 0.0468. The monoisotopic (exact) mass is 514 g/mol. The summed E-state index contributed by atoms with van der Waals surface area (Å²) in [5.74, 6) is -0.569. The molecule has 9 heteroatoms. The molecule has 0 radical (unpaired) electrons. The zero-order valence-electron chi connectivity index (χ0n) is 21.7. The van der Waals surface area contributed by atoms with Crippen molar-refractivity contribution < 1.29 is 34.1 Å². The predicted octanol–water partition coefficient (Wildman–Crippen LogP) is 2.51. The number of ether oxygens (including phenoxy) is 2. The fraction of sp³-hybridized carbons (Fsp3) is 0.536. The topological polar surface area (TPSA) is 125 Å². The SMILES string of the molecule is C=CCCC(=O)N(CCCCCC)[C@@H]1C=C(C(=O)NCCO)[C@@H]2c3cc(C=O)cc(OC)c3O[C@@H]2[C@H]1O. The molecule has 202 valence electrons. The van der Waals surface area contributed by atoms with E-state index in [4.69, 9.17) is 9.47 Å². The van der Waals surface area contributed by atoms with Gasteiger partial charge in [0, 0.05) is 36.2 Å². The standard InChI is InChI=1S/C28H38N2O7/c1-4-6-8-9-12-30(23(33)10-7-5-2)21-16-20(28(35)29-11-13-31)24-19-14-18(17-32)15-22(36-3)26(19)37-27(24)25(21)34/h5,14-17,21,24-25,27,31,34H,2,4,6-13H2,1,3H3,(H,29,35)/t21-,24+,25+,27+/m1/s1. The molecule has 1 aromatic rings. The number of methoxy groups -OCH3 is 1. The van der Waals surface area contributed by atoms with Crippen LogP contribution in [0, 0.1) is 0 Å². The zero-order chi connectivity index (χ0) is 26.9. The summed E-state index contributed by atoms with van der Waals surface area (Å²) in [6, 6.07) is 2.38. The van der Waals surface area contributed by atoms with Gasteiger partial charge in [0.25, 0.3) is 0 Å². The van der Waals surface area contributed by atoms with Crippen molar-refractivity contribution in [3.8, 4) is 11.5 Å². The van der Waals surface area contributed by atoms with Crippen molar-refractivity contribution in [2.24, 2.45) is 0 Å². The van der Waals surface area contributed by atoms with Gasteiger partial charge >= 0.3 is 0 Å². The molecule has 0 bridgehead atoms. The molecule has 0 aromatic heterocycles. The van der Waals surface area contributed by atoms with Crippen molar-refractivity contribution >= 4 is 18.1 Å². The number of carbonyl (C=O) groups excluding carboxylic acids is 3. The molecule has 2 amide bonds. The molecule has 0 unspecified atom stereocenters. The number of allylic oxidation sites excluding steroid dienone is 1. The molecule has 4 atom stereocenters. The van der Waals surface area contributed by atoms with E-state index >= 15 is 0 Å². The van der Waals surface area contributed by atoms with E-state index in [1.54, 1.807) is 29.2 Å². The Kier molecular flexibility index (Phi) is 10.3. The molecular formula is C28H38N2O7. The molecule has 9 nitrogen and oxygen atoms in total. The van der Waals surface area contributed by atoms with Crippen LogP contribution in [0.1, 0.15) is 67.3 Å². The lowest BCUT2D eigenvalue weighted by Gasteiger charge is -2.41.